The number of benzene rings is 2. The van der Waals surface area contributed by atoms with Crippen LogP contribution in [0.2, 0.25) is 0 Å². The number of nitrogens with zero attached hydrogens (tertiary/aromatic N) is 2. The lowest BCUT2D eigenvalue weighted by atomic mass is 9.90. The molecule has 0 fully saturated rings. The molecule has 1 aromatic rings. The average Bonchev–Trinajstić information content (AvgIpc) is 2.67. The molecule has 0 bridgehead atoms. The van der Waals surface area contributed by atoms with Crippen LogP contribution in [0.15, 0.2) is 39.6 Å². The molecule has 4 rings (SSSR count). The van der Waals surface area contributed by atoms with Gasteiger partial charge >= 0.3 is 0 Å². The molecule has 0 saturated carbocycles. The van der Waals surface area contributed by atoms with Crippen molar-refractivity contribution < 1.29 is 9.21 Å². The van der Waals surface area contributed by atoms with Crippen molar-refractivity contribution in [3.63, 3.8) is 0 Å². The Morgan fingerprint density at radius 3 is 2.75 bits per heavy atom. The third kappa shape index (κ3) is 3.05. The molecule has 0 unspecified atom stereocenters. The minimum absolute atomic E-state index is 0.0803. The number of hydrogen-bond donors (Lipinski definition) is 1. The molecule has 1 amide bonds. The van der Waals surface area contributed by atoms with E-state index in [1.807, 2.05) is 24.3 Å². The van der Waals surface area contributed by atoms with Gasteiger partial charge in [0.25, 0.3) is 0 Å². The van der Waals surface area contributed by atoms with E-state index in [1.54, 1.807) is 0 Å². The van der Waals surface area contributed by atoms with E-state index in [4.69, 9.17) is 9.40 Å². The van der Waals surface area contributed by atoms with Crippen molar-refractivity contribution in [3.8, 4) is 11.5 Å². The topological polar surface area (TPSA) is 75.4 Å². The molecule has 2 aliphatic carbocycles. The zero-order chi connectivity index (χ0) is 19.8. The van der Waals surface area contributed by atoms with Crippen LogP contribution in [-0.2, 0) is 11.2 Å². The van der Waals surface area contributed by atoms with Gasteiger partial charge in [-0.2, -0.15) is 0 Å². The van der Waals surface area contributed by atoms with Crippen LogP contribution in [0, 0.1) is 0 Å². The molecule has 1 aliphatic heterocycles. The van der Waals surface area contributed by atoms with Gasteiger partial charge in [-0.25, -0.2) is 4.98 Å². The molecule has 0 radical (unpaired) electrons. The SMILES string of the molecule is CCN(CC)c1ccc2nc3c4c(c(=O)cc-3oc2c1)CCC=C4NC(C)=O. The number of fused-ring (bicyclic) bond motifs is 4. The van der Waals surface area contributed by atoms with E-state index in [-0.39, 0.29) is 11.3 Å². The summed E-state index contributed by atoms with van der Waals surface area (Å²) in [4.78, 5) is 31.3. The number of aromatic nitrogens is 1. The summed E-state index contributed by atoms with van der Waals surface area (Å²) in [7, 11) is 0. The van der Waals surface area contributed by atoms with Crippen molar-refractivity contribution in [2.24, 2.45) is 0 Å². The van der Waals surface area contributed by atoms with Gasteiger partial charge in [0.15, 0.2) is 16.8 Å². The molecule has 1 aromatic carbocycles. The van der Waals surface area contributed by atoms with E-state index in [0.29, 0.717) is 46.7 Å². The normalized spacial score (nSPS) is 13.3. The van der Waals surface area contributed by atoms with Crippen LogP contribution in [0.3, 0.4) is 0 Å². The van der Waals surface area contributed by atoms with Crippen molar-refractivity contribution in [1.29, 1.82) is 0 Å². The first-order valence-corrected chi connectivity index (χ1v) is 9.65. The third-order valence-corrected chi connectivity index (χ3v) is 5.18. The lowest BCUT2D eigenvalue weighted by Gasteiger charge is -2.22. The quantitative estimate of drug-likeness (QED) is 0.704. The van der Waals surface area contributed by atoms with E-state index in [0.717, 1.165) is 24.3 Å². The summed E-state index contributed by atoms with van der Waals surface area (Å²) >= 11 is 0. The highest BCUT2D eigenvalue weighted by atomic mass is 16.3. The molecular weight excluding hydrogens is 354 g/mol. The van der Waals surface area contributed by atoms with Crippen molar-refractivity contribution in [2.45, 2.75) is 33.6 Å². The van der Waals surface area contributed by atoms with Crippen LogP contribution in [0.4, 0.5) is 5.69 Å². The Balaban J connectivity index is 1.95. The molecule has 1 heterocycles. The summed E-state index contributed by atoms with van der Waals surface area (Å²) in [6.07, 6.45) is 3.28. The van der Waals surface area contributed by atoms with E-state index >= 15 is 0 Å². The number of rotatable bonds is 4. The van der Waals surface area contributed by atoms with Crippen LogP contribution in [-0.4, -0.2) is 24.0 Å². The van der Waals surface area contributed by atoms with Gasteiger partial charge in [-0.15, -0.1) is 0 Å². The Hall–Kier alpha value is -3.15. The zero-order valence-corrected chi connectivity index (χ0v) is 16.3. The largest absolute Gasteiger partial charge is 0.453 e. The maximum atomic E-state index is 12.7. The second-order valence-corrected chi connectivity index (χ2v) is 6.95. The highest BCUT2D eigenvalue weighted by Gasteiger charge is 2.26. The Kier molecular flexibility index (Phi) is 4.63. The monoisotopic (exact) mass is 377 g/mol. The summed E-state index contributed by atoms with van der Waals surface area (Å²) in [5, 5.41) is 2.84. The second kappa shape index (κ2) is 7.11. The summed E-state index contributed by atoms with van der Waals surface area (Å²) in [6, 6.07) is 7.45. The molecule has 1 N–H and O–H groups in total. The van der Waals surface area contributed by atoms with Crippen molar-refractivity contribution >= 4 is 28.4 Å². The van der Waals surface area contributed by atoms with Gasteiger partial charge in [0.05, 0.1) is 0 Å². The lowest BCUT2D eigenvalue weighted by molar-refractivity contribution is -0.117. The van der Waals surface area contributed by atoms with Gasteiger partial charge in [0, 0.05) is 54.7 Å². The fourth-order valence-corrected chi connectivity index (χ4v) is 3.86. The van der Waals surface area contributed by atoms with Crippen LogP contribution in [0.5, 0.6) is 0 Å². The third-order valence-electron chi connectivity index (χ3n) is 5.18. The van der Waals surface area contributed by atoms with Gasteiger partial charge in [-0.3, -0.25) is 9.59 Å². The maximum absolute atomic E-state index is 12.7. The Morgan fingerprint density at radius 2 is 2.04 bits per heavy atom. The predicted octanol–water partition coefficient (Wildman–Crippen LogP) is 3.56. The maximum Gasteiger partial charge on any atom is 0.221 e. The molecule has 0 atom stereocenters. The van der Waals surface area contributed by atoms with Crippen LogP contribution >= 0.6 is 0 Å². The lowest BCUT2D eigenvalue weighted by Crippen LogP contribution is -2.25. The van der Waals surface area contributed by atoms with Crippen LogP contribution < -0.4 is 15.6 Å². The van der Waals surface area contributed by atoms with E-state index in [2.05, 4.69) is 24.1 Å². The minimum Gasteiger partial charge on any atom is -0.453 e. The Labute approximate surface area is 163 Å². The summed E-state index contributed by atoms with van der Waals surface area (Å²) in [5.74, 6) is 0.260. The fraction of sp³-hybridized carbons (Fsp3) is 0.318. The van der Waals surface area contributed by atoms with E-state index in [1.165, 1.54) is 13.0 Å². The number of hydrogen-bond acceptors (Lipinski definition) is 5. The molecule has 144 valence electrons. The number of amides is 1. The van der Waals surface area contributed by atoms with Crippen LogP contribution in [0.1, 0.15) is 38.3 Å². The van der Waals surface area contributed by atoms with Crippen LogP contribution in [0.25, 0.3) is 28.3 Å². The molecule has 6 nitrogen and oxygen atoms in total. The van der Waals surface area contributed by atoms with Gasteiger partial charge in [-0.05, 0) is 38.8 Å². The number of anilines is 1. The Morgan fingerprint density at radius 1 is 1.25 bits per heavy atom. The fourth-order valence-electron chi connectivity index (χ4n) is 3.86. The second-order valence-electron chi connectivity index (χ2n) is 6.95. The van der Waals surface area contributed by atoms with Crippen molar-refractivity contribution in [2.75, 3.05) is 18.0 Å². The number of carbonyl (C=O) groups is 1. The Bertz CT molecular complexity index is 1130. The summed E-state index contributed by atoms with van der Waals surface area (Å²) in [6.45, 7) is 7.46. The number of allylic oxidation sites excluding steroid dienone is 1. The van der Waals surface area contributed by atoms with Gasteiger partial charge < -0.3 is 14.6 Å². The predicted molar refractivity (Wildman–Crippen MR) is 111 cm³/mol. The molecule has 3 aliphatic rings. The summed E-state index contributed by atoms with van der Waals surface area (Å²) in [5.41, 5.74) is 4.94. The van der Waals surface area contributed by atoms with Crippen molar-refractivity contribution in [1.82, 2.24) is 10.3 Å². The van der Waals surface area contributed by atoms with E-state index in [9.17, 15) is 9.59 Å². The first kappa shape index (κ1) is 18.2. The number of carbonyl (C=O) groups excluding carboxylic acids is 1. The molecule has 6 heteroatoms. The molecule has 0 saturated heterocycles. The summed E-state index contributed by atoms with van der Waals surface area (Å²) < 4.78 is 6.10. The van der Waals surface area contributed by atoms with Gasteiger partial charge in [0.1, 0.15) is 11.2 Å². The first-order valence-electron chi connectivity index (χ1n) is 9.65. The molecular formula is C22H23N3O3. The molecule has 28 heavy (non-hydrogen) atoms. The first-order chi connectivity index (χ1) is 13.5. The zero-order valence-electron chi connectivity index (χ0n) is 16.3. The minimum atomic E-state index is -0.176. The van der Waals surface area contributed by atoms with Gasteiger partial charge in [-0.1, -0.05) is 6.08 Å². The number of nitrogens with one attached hydrogen (secondary N) is 1. The van der Waals surface area contributed by atoms with Gasteiger partial charge in [0.2, 0.25) is 5.91 Å². The molecule has 0 spiro atoms. The average molecular weight is 377 g/mol. The van der Waals surface area contributed by atoms with Crippen molar-refractivity contribution in [3.05, 3.63) is 51.7 Å². The van der Waals surface area contributed by atoms with E-state index < -0.39 is 0 Å². The molecule has 0 aromatic heterocycles. The highest BCUT2D eigenvalue weighted by Crippen LogP contribution is 2.35. The standard InChI is InChI=1S/C22H23N3O3/c1-4-25(5-2)14-9-10-16-19(11-14)28-20-12-18(27)15-7-6-8-17(23-13(3)26)21(15)22(20)24-16/h8-12H,4-7H2,1-3H3,(H,23,26). The highest BCUT2D eigenvalue weighted by molar-refractivity contribution is 5.91. The smallest absolute Gasteiger partial charge is 0.221 e.